The lowest BCUT2D eigenvalue weighted by molar-refractivity contribution is 0.0706. The fourth-order valence-corrected chi connectivity index (χ4v) is 4.54. The molecule has 0 aromatic heterocycles. The Bertz CT molecular complexity index is 1140. The minimum absolute atomic E-state index is 0.00719. The van der Waals surface area contributed by atoms with Crippen LogP contribution in [0.15, 0.2) is 77.7 Å². The van der Waals surface area contributed by atoms with Crippen molar-refractivity contribution in [3.63, 3.8) is 0 Å². The number of sulfonamides is 1. The number of benzene rings is 3. The highest BCUT2D eigenvalue weighted by Crippen LogP contribution is 2.24. The van der Waals surface area contributed by atoms with E-state index < -0.39 is 21.7 Å². The van der Waals surface area contributed by atoms with Gasteiger partial charge in [-0.1, -0.05) is 41.9 Å². The van der Waals surface area contributed by atoms with Gasteiger partial charge in [-0.2, -0.15) is 4.31 Å². The van der Waals surface area contributed by atoms with Crippen molar-refractivity contribution in [1.29, 1.82) is 0 Å². The Morgan fingerprint density at radius 1 is 0.967 bits per heavy atom. The average molecular weight is 449 g/mol. The summed E-state index contributed by atoms with van der Waals surface area (Å²) in [5, 5.41) is 9.01. The molecule has 0 saturated heterocycles. The summed E-state index contributed by atoms with van der Waals surface area (Å²) in [6, 6.07) is 17.6. The third-order valence-electron chi connectivity index (χ3n) is 4.38. The van der Waals surface area contributed by atoms with Crippen molar-refractivity contribution in [2.24, 2.45) is 0 Å². The summed E-state index contributed by atoms with van der Waals surface area (Å²) in [5.74, 6) is -1.09. The van der Waals surface area contributed by atoms with Crippen LogP contribution in [-0.4, -0.2) is 23.8 Å². The number of carbonyl (C=O) groups excluding carboxylic acids is 1. The molecule has 30 heavy (non-hydrogen) atoms. The van der Waals surface area contributed by atoms with Gasteiger partial charge in [-0.05, 0) is 53.6 Å². The van der Waals surface area contributed by atoms with E-state index in [1.165, 1.54) is 52.8 Å². The maximum atomic E-state index is 13.3. The monoisotopic (exact) mass is 448 g/mol. The fourth-order valence-electron chi connectivity index (χ4n) is 2.83. The van der Waals surface area contributed by atoms with Gasteiger partial charge in [-0.25, -0.2) is 18.3 Å². The molecule has 0 aliphatic rings. The second-order valence-electron chi connectivity index (χ2n) is 6.49. The third kappa shape index (κ3) is 5.22. The number of rotatable bonds is 7. The fraction of sp³-hybridized carbons (Fsp3) is 0.0952. The van der Waals surface area contributed by atoms with E-state index in [1.54, 1.807) is 29.7 Å². The molecule has 0 atom stereocenters. The van der Waals surface area contributed by atoms with Crippen molar-refractivity contribution < 1.29 is 22.8 Å². The molecule has 0 unspecified atom stereocenters. The summed E-state index contributed by atoms with van der Waals surface area (Å²) in [7, 11) is -3.93. The van der Waals surface area contributed by atoms with Gasteiger partial charge in [-0.3, -0.25) is 10.0 Å². The van der Waals surface area contributed by atoms with Gasteiger partial charge in [-0.15, -0.1) is 0 Å². The number of halogens is 2. The van der Waals surface area contributed by atoms with Crippen molar-refractivity contribution >= 4 is 27.5 Å². The number of amides is 1. The first-order valence-corrected chi connectivity index (χ1v) is 10.6. The second-order valence-corrected chi connectivity index (χ2v) is 8.87. The van der Waals surface area contributed by atoms with Crippen LogP contribution in [0.1, 0.15) is 21.5 Å². The van der Waals surface area contributed by atoms with Crippen LogP contribution < -0.4 is 5.48 Å². The molecule has 2 N–H and O–H groups in total. The van der Waals surface area contributed by atoms with E-state index in [-0.39, 0.29) is 28.6 Å². The normalized spacial score (nSPS) is 11.5. The average Bonchev–Trinajstić information content (AvgIpc) is 2.74. The molecule has 0 aliphatic heterocycles. The standard InChI is InChI=1S/C21H18ClFN2O4S/c22-18-2-1-3-20(12-18)30(28,29)25(14-16-6-10-19(23)11-7-16)13-15-4-8-17(9-5-15)21(26)24-27/h1-12,27H,13-14H2,(H,24,26). The molecule has 0 saturated carbocycles. The van der Waals surface area contributed by atoms with Crippen molar-refractivity contribution in [1.82, 2.24) is 9.79 Å². The zero-order chi connectivity index (χ0) is 21.7. The minimum Gasteiger partial charge on any atom is -0.288 e. The number of nitrogens with one attached hydrogen (secondary N) is 1. The summed E-state index contributed by atoms with van der Waals surface area (Å²) < 4.78 is 41.0. The molecule has 0 radical (unpaired) electrons. The van der Waals surface area contributed by atoms with Gasteiger partial charge >= 0.3 is 0 Å². The Balaban J connectivity index is 1.94. The second kappa shape index (κ2) is 9.36. The molecule has 0 heterocycles. The van der Waals surface area contributed by atoms with Crippen LogP contribution >= 0.6 is 11.6 Å². The number of carbonyl (C=O) groups is 1. The maximum absolute atomic E-state index is 13.3. The Hall–Kier alpha value is -2.78. The van der Waals surface area contributed by atoms with Crippen LogP contribution in [0.2, 0.25) is 5.02 Å². The Kier molecular flexibility index (Phi) is 6.84. The van der Waals surface area contributed by atoms with E-state index >= 15 is 0 Å². The molecule has 3 aromatic rings. The highest BCUT2D eigenvalue weighted by Gasteiger charge is 2.25. The van der Waals surface area contributed by atoms with E-state index in [2.05, 4.69) is 0 Å². The molecular weight excluding hydrogens is 431 g/mol. The lowest BCUT2D eigenvalue weighted by Gasteiger charge is -2.23. The van der Waals surface area contributed by atoms with Crippen LogP contribution in [0.5, 0.6) is 0 Å². The highest BCUT2D eigenvalue weighted by molar-refractivity contribution is 7.89. The molecule has 0 fully saturated rings. The van der Waals surface area contributed by atoms with E-state index in [1.807, 2.05) is 0 Å². The summed E-state index contributed by atoms with van der Waals surface area (Å²) >= 11 is 5.97. The zero-order valence-corrected chi connectivity index (χ0v) is 17.2. The highest BCUT2D eigenvalue weighted by atomic mass is 35.5. The Morgan fingerprint density at radius 2 is 1.53 bits per heavy atom. The van der Waals surface area contributed by atoms with E-state index in [4.69, 9.17) is 16.8 Å². The van der Waals surface area contributed by atoms with Gasteiger partial charge in [0.05, 0.1) is 4.90 Å². The summed E-state index contributed by atoms with van der Waals surface area (Å²) in [6.45, 7) is 0.0151. The quantitative estimate of drug-likeness (QED) is 0.422. The van der Waals surface area contributed by atoms with Gasteiger partial charge in [0.25, 0.3) is 5.91 Å². The molecule has 0 spiro atoms. The first-order chi connectivity index (χ1) is 14.3. The van der Waals surface area contributed by atoms with E-state index in [0.29, 0.717) is 11.1 Å². The van der Waals surface area contributed by atoms with Crippen LogP contribution in [-0.2, 0) is 23.1 Å². The lowest BCUT2D eigenvalue weighted by Crippen LogP contribution is -2.30. The van der Waals surface area contributed by atoms with Crippen LogP contribution in [0.4, 0.5) is 4.39 Å². The summed E-state index contributed by atoms with van der Waals surface area (Å²) in [4.78, 5) is 11.5. The Labute approximate surface area is 178 Å². The first-order valence-electron chi connectivity index (χ1n) is 8.83. The van der Waals surface area contributed by atoms with Gasteiger partial charge in [0, 0.05) is 23.7 Å². The van der Waals surface area contributed by atoms with Gasteiger partial charge in [0.2, 0.25) is 10.0 Å². The molecule has 1 amide bonds. The number of nitrogens with zero attached hydrogens (tertiary/aromatic N) is 1. The Morgan fingerprint density at radius 3 is 2.07 bits per heavy atom. The SMILES string of the molecule is O=C(NO)c1ccc(CN(Cc2ccc(F)cc2)S(=O)(=O)c2cccc(Cl)c2)cc1. The van der Waals surface area contributed by atoms with Crippen LogP contribution in [0.25, 0.3) is 0 Å². The lowest BCUT2D eigenvalue weighted by atomic mass is 10.1. The van der Waals surface area contributed by atoms with E-state index in [9.17, 15) is 17.6 Å². The molecule has 9 heteroatoms. The predicted molar refractivity (Wildman–Crippen MR) is 110 cm³/mol. The molecule has 3 aromatic carbocycles. The van der Waals surface area contributed by atoms with E-state index in [0.717, 1.165) is 0 Å². The van der Waals surface area contributed by atoms with Crippen LogP contribution in [0, 0.1) is 5.82 Å². The predicted octanol–water partition coefficient (Wildman–Crippen LogP) is 3.99. The molecule has 3 rings (SSSR count). The molecule has 6 nitrogen and oxygen atoms in total. The minimum atomic E-state index is -3.93. The molecular formula is C21H18ClFN2O4S. The van der Waals surface area contributed by atoms with Crippen molar-refractivity contribution in [2.75, 3.05) is 0 Å². The number of hydroxylamine groups is 1. The van der Waals surface area contributed by atoms with Crippen molar-refractivity contribution in [3.05, 3.63) is 100 Å². The third-order valence-corrected chi connectivity index (χ3v) is 6.41. The smallest absolute Gasteiger partial charge is 0.274 e. The number of hydrogen-bond donors (Lipinski definition) is 2. The van der Waals surface area contributed by atoms with Crippen molar-refractivity contribution in [2.45, 2.75) is 18.0 Å². The summed E-state index contributed by atoms with van der Waals surface area (Å²) in [6.07, 6.45) is 0. The summed E-state index contributed by atoms with van der Waals surface area (Å²) in [5.41, 5.74) is 3.00. The first kappa shape index (κ1) is 21.9. The maximum Gasteiger partial charge on any atom is 0.274 e. The van der Waals surface area contributed by atoms with Crippen molar-refractivity contribution in [3.8, 4) is 0 Å². The molecule has 156 valence electrons. The molecule has 0 aliphatic carbocycles. The number of hydrogen-bond acceptors (Lipinski definition) is 4. The topological polar surface area (TPSA) is 86.7 Å². The van der Waals surface area contributed by atoms with Gasteiger partial charge in [0.1, 0.15) is 5.82 Å². The molecule has 0 bridgehead atoms. The van der Waals surface area contributed by atoms with Crippen LogP contribution in [0.3, 0.4) is 0 Å². The largest absolute Gasteiger partial charge is 0.288 e. The van der Waals surface area contributed by atoms with Gasteiger partial charge in [0.15, 0.2) is 0 Å². The van der Waals surface area contributed by atoms with Gasteiger partial charge < -0.3 is 0 Å². The zero-order valence-electron chi connectivity index (χ0n) is 15.6.